The van der Waals surface area contributed by atoms with Crippen molar-refractivity contribution in [1.29, 1.82) is 0 Å². The van der Waals surface area contributed by atoms with Gasteiger partial charge in [-0.05, 0) is 72.9 Å². The maximum atomic E-state index is 14.0. The van der Waals surface area contributed by atoms with E-state index in [2.05, 4.69) is 26.0 Å². The monoisotopic (exact) mass is 424 g/mol. The number of cyclic esters (lactones) is 1. The molecule has 3 nitrogen and oxygen atoms in total. The number of ether oxygens (including phenoxy) is 1. The maximum Gasteiger partial charge on any atom is 0.309 e. The first-order chi connectivity index (χ1) is 14.2. The smallest absolute Gasteiger partial charge is 0.309 e. The molecule has 2 aliphatic heterocycles. The Hall–Kier alpha value is -2.37. The van der Waals surface area contributed by atoms with Crippen molar-refractivity contribution in [2.24, 2.45) is 0 Å². The minimum Gasteiger partial charge on any atom is -0.458 e. The lowest BCUT2D eigenvalue weighted by molar-refractivity contribution is -0.156. The zero-order valence-corrected chi connectivity index (χ0v) is 18.1. The summed E-state index contributed by atoms with van der Waals surface area (Å²) >= 11 is 1.78. The number of thioether (sulfide) groups is 1. The molecule has 1 N–H and O–H groups in total. The van der Waals surface area contributed by atoms with Gasteiger partial charge in [0.25, 0.3) is 0 Å². The average Bonchev–Trinajstić information content (AvgIpc) is 2.67. The highest BCUT2D eigenvalue weighted by Crippen LogP contribution is 2.51. The Morgan fingerprint density at radius 2 is 2.00 bits per heavy atom. The second-order valence-corrected chi connectivity index (χ2v) is 10.0. The van der Waals surface area contributed by atoms with Crippen LogP contribution < -0.4 is 0 Å². The number of halogens is 1. The van der Waals surface area contributed by atoms with Gasteiger partial charge in [0, 0.05) is 16.1 Å². The fourth-order valence-electron chi connectivity index (χ4n) is 4.06. The third-order valence-electron chi connectivity index (χ3n) is 5.55. The van der Waals surface area contributed by atoms with Crippen LogP contribution in [0.15, 0.2) is 65.1 Å². The summed E-state index contributed by atoms with van der Waals surface area (Å²) < 4.78 is 19.1. The zero-order valence-electron chi connectivity index (χ0n) is 17.3. The van der Waals surface area contributed by atoms with E-state index in [4.69, 9.17) is 4.74 Å². The molecular weight excluding hydrogens is 399 g/mol. The topological polar surface area (TPSA) is 46.5 Å². The van der Waals surface area contributed by atoms with Gasteiger partial charge in [-0.25, -0.2) is 4.39 Å². The number of allylic oxidation sites excluding steroid dienone is 1. The summed E-state index contributed by atoms with van der Waals surface area (Å²) in [5.74, 6) is -0.605. The SMILES string of the molecule is Cc1cc(C2=C(C=CC3CC(O)CC(=O)O3)C(C)(C)Sc3ccccc32)ccc1F. The number of aliphatic hydroxyl groups excluding tert-OH is 1. The molecule has 0 aromatic heterocycles. The lowest BCUT2D eigenvalue weighted by atomic mass is 9.85. The Balaban J connectivity index is 1.86. The lowest BCUT2D eigenvalue weighted by Crippen LogP contribution is -2.31. The largest absolute Gasteiger partial charge is 0.458 e. The number of aryl methyl sites for hydroxylation is 1. The van der Waals surface area contributed by atoms with E-state index in [1.165, 1.54) is 11.0 Å². The lowest BCUT2D eigenvalue weighted by Gasteiger charge is -2.35. The summed E-state index contributed by atoms with van der Waals surface area (Å²) in [6.07, 6.45) is 3.17. The second kappa shape index (κ2) is 8.05. The number of hydrogen-bond donors (Lipinski definition) is 1. The number of aliphatic hydroxyl groups is 1. The fraction of sp³-hybridized carbons (Fsp3) is 0.320. The number of fused-ring (bicyclic) bond motifs is 1. The number of esters is 1. The molecule has 0 radical (unpaired) electrons. The van der Waals surface area contributed by atoms with Gasteiger partial charge in [-0.3, -0.25) is 4.79 Å². The molecular formula is C25H25FO3S. The van der Waals surface area contributed by atoms with Gasteiger partial charge in [-0.2, -0.15) is 0 Å². The van der Waals surface area contributed by atoms with Gasteiger partial charge in [0.05, 0.1) is 12.5 Å². The number of carbonyl (C=O) groups excluding carboxylic acids is 1. The van der Waals surface area contributed by atoms with Crippen LogP contribution >= 0.6 is 11.8 Å². The molecule has 1 saturated heterocycles. The van der Waals surface area contributed by atoms with Crippen molar-refractivity contribution in [3.05, 3.63) is 82.7 Å². The van der Waals surface area contributed by atoms with E-state index in [1.54, 1.807) is 18.7 Å². The summed E-state index contributed by atoms with van der Waals surface area (Å²) in [5, 5.41) is 9.92. The molecule has 0 aliphatic carbocycles. The van der Waals surface area contributed by atoms with Gasteiger partial charge >= 0.3 is 5.97 Å². The summed E-state index contributed by atoms with van der Waals surface area (Å²) in [4.78, 5) is 12.9. The fourth-order valence-corrected chi connectivity index (χ4v) is 5.32. The Morgan fingerprint density at radius 1 is 1.23 bits per heavy atom. The predicted molar refractivity (Wildman–Crippen MR) is 118 cm³/mol. The van der Waals surface area contributed by atoms with E-state index in [-0.39, 0.29) is 23.0 Å². The van der Waals surface area contributed by atoms with Crippen molar-refractivity contribution in [2.45, 2.75) is 55.5 Å². The molecule has 0 saturated carbocycles. The number of carbonyl (C=O) groups is 1. The van der Waals surface area contributed by atoms with Crippen molar-refractivity contribution in [1.82, 2.24) is 0 Å². The molecule has 2 atom stereocenters. The minimum absolute atomic E-state index is 0.0435. The van der Waals surface area contributed by atoms with Crippen LogP contribution in [0, 0.1) is 12.7 Å². The third-order valence-corrected chi connectivity index (χ3v) is 6.86. The van der Waals surface area contributed by atoms with Gasteiger partial charge in [-0.1, -0.05) is 30.3 Å². The predicted octanol–water partition coefficient (Wildman–Crippen LogP) is 5.44. The molecule has 4 rings (SSSR count). The van der Waals surface area contributed by atoms with E-state index >= 15 is 0 Å². The highest BCUT2D eigenvalue weighted by molar-refractivity contribution is 8.01. The van der Waals surface area contributed by atoms with Crippen molar-refractivity contribution < 1.29 is 19.0 Å². The van der Waals surface area contributed by atoms with E-state index in [0.717, 1.165) is 22.3 Å². The van der Waals surface area contributed by atoms with Gasteiger partial charge < -0.3 is 9.84 Å². The van der Waals surface area contributed by atoms with E-state index in [9.17, 15) is 14.3 Å². The highest BCUT2D eigenvalue weighted by Gasteiger charge is 2.34. The summed E-state index contributed by atoms with van der Waals surface area (Å²) in [6, 6.07) is 13.4. The Morgan fingerprint density at radius 3 is 2.73 bits per heavy atom. The summed E-state index contributed by atoms with van der Waals surface area (Å²) in [5.41, 5.74) is 4.79. The van der Waals surface area contributed by atoms with Crippen molar-refractivity contribution in [3.63, 3.8) is 0 Å². The second-order valence-electron chi connectivity index (χ2n) is 8.34. The van der Waals surface area contributed by atoms with E-state index < -0.39 is 12.2 Å². The molecule has 2 heterocycles. The Labute approximate surface area is 180 Å². The molecule has 0 spiro atoms. The highest BCUT2D eigenvalue weighted by atomic mass is 32.2. The molecule has 5 heteroatoms. The normalized spacial score (nSPS) is 23.4. The first-order valence-corrected chi connectivity index (χ1v) is 10.9. The van der Waals surface area contributed by atoms with Crippen LogP contribution in [0.2, 0.25) is 0 Å². The maximum absolute atomic E-state index is 14.0. The van der Waals surface area contributed by atoms with E-state index in [0.29, 0.717) is 12.0 Å². The number of hydrogen-bond acceptors (Lipinski definition) is 4. The number of rotatable bonds is 3. The summed E-state index contributed by atoms with van der Waals surface area (Å²) in [7, 11) is 0. The molecule has 156 valence electrons. The van der Waals surface area contributed by atoms with Crippen LogP contribution in [0.4, 0.5) is 4.39 Å². The van der Waals surface area contributed by atoms with Gasteiger partial charge in [0.1, 0.15) is 11.9 Å². The van der Waals surface area contributed by atoms with E-state index in [1.807, 2.05) is 36.4 Å². The molecule has 0 amide bonds. The van der Waals surface area contributed by atoms with Crippen molar-refractivity contribution in [3.8, 4) is 0 Å². The van der Waals surface area contributed by atoms with Crippen LogP contribution in [-0.4, -0.2) is 28.0 Å². The van der Waals surface area contributed by atoms with Gasteiger partial charge in [0.2, 0.25) is 0 Å². The summed E-state index contributed by atoms with van der Waals surface area (Å²) in [6.45, 7) is 6.09. The molecule has 2 unspecified atom stereocenters. The average molecular weight is 425 g/mol. The van der Waals surface area contributed by atoms with Crippen molar-refractivity contribution >= 4 is 23.3 Å². The number of benzene rings is 2. The first-order valence-electron chi connectivity index (χ1n) is 10.1. The van der Waals surface area contributed by atoms with Crippen LogP contribution in [0.25, 0.3) is 5.57 Å². The quantitative estimate of drug-likeness (QED) is 0.666. The molecule has 2 aliphatic rings. The Kier molecular flexibility index (Phi) is 5.60. The molecule has 30 heavy (non-hydrogen) atoms. The Bertz CT molecular complexity index is 1050. The zero-order chi connectivity index (χ0) is 21.5. The van der Waals surface area contributed by atoms with Crippen LogP contribution in [0.1, 0.15) is 43.4 Å². The third kappa shape index (κ3) is 4.09. The molecule has 1 fully saturated rings. The standard InChI is InChI=1S/C25H25FO3S/c1-15-12-16(8-11-21(15)26)24-19-6-4-5-7-22(19)30-25(2,3)20(24)10-9-18-13-17(27)14-23(28)29-18/h4-12,17-18,27H,13-14H2,1-3H3. The molecule has 2 aromatic carbocycles. The van der Waals surface area contributed by atoms with Crippen LogP contribution in [-0.2, 0) is 9.53 Å². The van der Waals surface area contributed by atoms with Gasteiger partial charge in [0.15, 0.2) is 0 Å². The van der Waals surface area contributed by atoms with Gasteiger partial charge in [-0.15, -0.1) is 11.8 Å². The first kappa shape index (κ1) is 20.9. The molecule has 0 bridgehead atoms. The van der Waals surface area contributed by atoms with Crippen LogP contribution in [0.5, 0.6) is 0 Å². The molecule has 2 aromatic rings. The van der Waals surface area contributed by atoms with Crippen molar-refractivity contribution in [2.75, 3.05) is 0 Å². The van der Waals surface area contributed by atoms with Crippen LogP contribution in [0.3, 0.4) is 0 Å². The minimum atomic E-state index is -0.677.